The molecule has 144 valence electrons. The summed E-state index contributed by atoms with van der Waals surface area (Å²) in [6.07, 6.45) is 1.19. The quantitative estimate of drug-likeness (QED) is 0.757. The minimum absolute atomic E-state index is 0.0851. The van der Waals surface area contributed by atoms with Crippen molar-refractivity contribution < 1.29 is 33.0 Å². The number of hydrogen-bond acceptors (Lipinski definition) is 5. The number of nitrogens with zero attached hydrogens (tertiary/aromatic N) is 2. The van der Waals surface area contributed by atoms with E-state index in [-0.39, 0.29) is 41.8 Å². The summed E-state index contributed by atoms with van der Waals surface area (Å²) in [7, 11) is 1.55. The summed E-state index contributed by atoms with van der Waals surface area (Å²) in [4.78, 5) is 28.3. The van der Waals surface area contributed by atoms with Gasteiger partial charge in [-0.1, -0.05) is 6.07 Å². The molecule has 1 aromatic carbocycles. The Morgan fingerprint density at radius 1 is 1.22 bits per heavy atom. The molecule has 1 aromatic heterocycles. The maximum atomic E-state index is 12.4. The lowest BCUT2D eigenvalue weighted by molar-refractivity contribution is -0.0514. The smallest absolute Gasteiger partial charge is 0.387 e. The Morgan fingerprint density at radius 2 is 1.96 bits per heavy atom. The average molecular weight is 380 g/mol. The Labute approximate surface area is 154 Å². The van der Waals surface area contributed by atoms with E-state index in [1.54, 1.807) is 20.0 Å². The van der Waals surface area contributed by atoms with Crippen molar-refractivity contribution in [3.05, 3.63) is 53.3 Å². The summed E-state index contributed by atoms with van der Waals surface area (Å²) in [5.74, 6) is -1.48. The molecular weight excluding hydrogens is 362 g/mol. The van der Waals surface area contributed by atoms with Crippen LogP contribution in [-0.4, -0.2) is 47.1 Å². The Hall–Kier alpha value is -3.23. The van der Waals surface area contributed by atoms with Gasteiger partial charge in [0.2, 0.25) is 0 Å². The second-order valence-electron chi connectivity index (χ2n) is 5.49. The molecule has 0 atom stereocenters. The van der Waals surface area contributed by atoms with Crippen LogP contribution in [0.4, 0.5) is 8.78 Å². The van der Waals surface area contributed by atoms with Gasteiger partial charge in [-0.05, 0) is 36.8 Å². The number of ether oxygens (including phenoxy) is 2. The third-order valence-corrected chi connectivity index (χ3v) is 3.52. The number of hydrogen-bond donors (Lipinski definition) is 1. The maximum absolute atomic E-state index is 12.4. The molecule has 0 aliphatic heterocycles. The van der Waals surface area contributed by atoms with Crippen molar-refractivity contribution in [2.75, 3.05) is 13.7 Å². The lowest BCUT2D eigenvalue weighted by Gasteiger charge is -2.19. The van der Waals surface area contributed by atoms with Gasteiger partial charge in [-0.15, -0.1) is 0 Å². The van der Waals surface area contributed by atoms with E-state index < -0.39 is 12.6 Å². The van der Waals surface area contributed by atoms with E-state index in [9.17, 15) is 18.4 Å². The largest absolute Gasteiger partial charge is 0.490 e. The number of carbonyl (C=O) groups is 2. The topological polar surface area (TPSA) is 89.0 Å². The summed E-state index contributed by atoms with van der Waals surface area (Å²) in [6.45, 7) is -0.823. The number of amides is 1. The summed E-state index contributed by atoms with van der Waals surface area (Å²) < 4.78 is 34.6. The van der Waals surface area contributed by atoms with Gasteiger partial charge in [-0.2, -0.15) is 8.78 Å². The Morgan fingerprint density at radius 3 is 2.52 bits per heavy atom. The third kappa shape index (κ3) is 5.37. The van der Waals surface area contributed by atoms with Gasteiger partial charge in [-0.25, -0.2) is 9.78 Å². The third-order valence-electron chi connectivity index (χ3n) is 3.52. The number of carbonyl (C=O) groups excluding carboxylic acids is 1. The molecule has 0 bridgehead atoms. The highest BCUT2D eigenvalue weighted by atomic mass is 19.3. The molecule has 1 amide bonds. The van der Waals surface area contributed by atoms with E-state index in [4.69, 9.17) is 9.84 Å². The fraction of sp³-hybridized carbons (Fsp3) is 0.278. The zero-order valence-electron chi connectivity index (χ0n) is 14.7. The summed E-state index contributed by atoms with van der Waals surface area (Å²) in [6, 6.07) is 7.05. The molecule has 9 heteroatoms. The first kappa shape index (κ1) is 20.1. The molecule has 0 aliphatic carbocycles. The van der Waals surface area contributed by atoms with E-state index in [1.807, 2.05) is 0 Å². The van der Waals surface area contributed by atoms with E-state index in [1.165, 1.54) is 35.4 Å². The molecule has 0 aliphatic rings. The predicted molar refractivity (Wildman–Crippen MR) is 91.2 cm³/mol. The van der Waals surface area contributed by atoms with Crippen LogP contribution in [0.15, 0.2) is 36.5 Å². The highest BCUT2D eigenvalue weighted by Crippen LogP contribution is 2.30. The van der Waals surface area contributed by atoms with Crippen LogP contribution in [0.1, 0.15) is 33.3 Å². The van der Waals surface area contributed by atoms with Crippen molar-refractivity contribution in [2.45, 2.75) is 20.1 Å². The van der Waals surface area contributed by atoms with E-state index in [0.717, 1.165) is 0 Å². The second-order valence-corrected chi connectivity index (χ2v) is 5.49. The van der Waals surface area contributed by atoms with E-state index in [0.29, 0.717) is 5.56 Å². The molecule has 2 aromatic rings. The van der Waals surface area contributed by atoms with Crippen LogP contribution in [0.25, 0.3) is 0 Å². The average Bonchev–Trinajstić information content (AvgIpc) is 2.63. The number of benzene rings is 1. The van der Waals surface area contributed by atoms with Crippen molar-refractivity contribution in [1.82, 2.24) is 9.88 Å². The zero-order chi connectivity index (χ0) is 20.0. The van der Waals surface area contributed by atoms with Gasteiger partial charge in [0.25, 0.3) is 5.91 Å². The van der Waals surface area contributed by atoms with Gasteiger partial charge in [0, 0.05) is 19.8 Å². The van der Waals surface area contributed by atoms with Gasteiger partial charge in [0.1, 0.15) is 5.69 Å². The SMILES string of the molecule is CCOc1cc(CN(C)C(=O)c2ccc(C(=O)O)nc2)ccc1OC(F)F. The Bertz CT molecular complexity index is 812. The van der Waals surface area contributed by atoms with Crippen LogP contribution in [0, 0.1) is 0 Å². The molecule has 7 nitrogen and oxygen atoms in total. The molecule has 2 rings (SSSR count). The lowest BCUT2D eigenvalue weighted by Crippen LogP contribution is -2.26. The Kier molecular flexibility index (Phi) is 6.64. The van der Waals surface area contributed by atoms with E-state index in [2.05, 4.69) is 9.72 Å². The highest BCUT2D eigenvalue weighted by Gasteiger charge is 2.16. The van der Waals surface area contributed by atoms with Crippen LogP contribution in [0.2, 0.25) is 0 Å². The molecule has 0 saturated carbocycles. The number of rotatable bonds is 8. The number of aromatic carboxylic acids is 1. The molecule has 0 saturated heterocycles. The van der Waals surface area contributed by atoms with Gasteiger partial charge >= 0.3 is 12.6 Å². The number of carboxylic acids is 1. The highest BCUT2D eigenvalue weighted by molar-refractivity contribution is 5.94. The second kappa shape index (κ2) is 8.93. The zero-order valence-corrected chi connectivity index (χ0v) is 14.7. The number of aromatic nitrogens is 1. The standard InChI is InChI=1S/C18H18F2N2O5/c1-3-26-15-8-11(4-7-14(15)27-18(19)20)10-22(2)16(23)12-5-6-13(17(24)25)21-9-12/h4-9,18H,3,10H2,1-2H3,(H,24,25). The van der Waals surface area contributed by atoms with Crippen molar-refractivity contribution in [1.29, 1.82) is 0 Å². The van der Waals surface area contributed by atoms with Gasteiger partial charge < -0.3 is 19.5 Å². The summed E-state index contributed by atoms with van der Waals surface area (Å²) >= 11 is 0. The molecule has 1 heterocycles. The van der Waals surface area contributed by atoms with Crippen molar-refractivity contribution in [2.24, 2.45) is 0 Å². The fourth-order valence-electron chi connectivity index (χ4n) is 2.33. The summed E-state index contributed by atoms with van der Waals surface area (Å²) in [5, 5.41) is 8.84. The first-order chi connectivity index (χ1) is 12.8. The van der Waals surface area contributed by atoms with Crippen molar-refractivity contribution in [3.8, 4) is 11.5 Å². The monoisotopic (exact) mass is 380 g/mol. The normalized spacial score (nSPS) is 10.6. The lowest BCUT2D eigenvalue weighted by atomic mass is 10.1. The van der Waals surface area contributed by atoms with Crippen molar-refractivity contribution in [3.63, 3.8) is 0 Å². The van der Waals surface area contributed by atoms with Gasteiger partial charge in [0.05, 0.1) is 12.2 Å². The molecule has 0 spiro atoms. The molecule has 1 N–H and O–H groups in total. The van der Waals surface area contributed by atoms with Gasteiger partial charge in [0.15, 0.2) is 11.5 Å². The fourth-order valence-corrected chi connectivity index (χ4v) is 2.33. The van der Waals surface area contributed by atoms with Crippen LogP contribution in [0.3, 0.4) is 0 Å². The molecule has 0 radical (unpaired) electrons. The first-order valence-electron chi connectivity index (χ1n) is 7.97. The molecular formula is C18H18F2N2O5. The van der Waals surface area contributed by atoms with Crippen LogP contribution in [0.5, 0.6) is 11.5 Å². The molecule has 0 unspecified atom stereocenters. The maximum Gasteiger partial charge on any atom is 0.387 e. The van der Waals surface area contributed by atoms with Crippen molar-refractivity contribution >= 4 is 11.9 Å². The predicted octanol–water partition coefficient (Wildman–Crippen LogP) is 3.05. The minimum atomic E-state index is -2.97. The van der Waals surface area contributed by atoms with Gasteiger partial charge in [-0.3, -0.25) is 4.79 Å². The Balaban J connectivity index is 2.13. The molecule has 27 heavy (non-hydrogen) atoms. The van der Waals surface area contributed by atoms with Crippen LogP contribution < -0.4 is 9.47 Å². The van der Waals surface area contributed by atoms with Crippen LogP contribution >= 0.6 is 0 Å². The minimum Gasteiger partial charge on any atom is -0.490 e. The number of halogens is 2. The molecule has 0 fully saturated rings. The summed E-state index contributed by atoms with van der Waals surface area (Å²) in [5.41, 5.74) is 0.710. The van der Waals surface area contributed by atoms with Crippen LogP contribution in [-0.2, 0) is 6.54 Å². The number of carboxylic acid groups (broad SMARTS) is 1. The first-order valence-corrected chi connectivity index (χ1v) is 7.97. The number of alkyl halides is 2. The van der Waals surface area contributed by atoms with E-state index >= 15 is 0 Å². The number of pyridine rings is 1.